The van der Waals surface area contributed by atoms with Crippen LogP contribution in [0.4, 0.5) is 10.5 Å². The maximum atomic E-state index is 12.0. The van der Waals surface area contributed by atoms with Gasteiger partial charge in [0, 0.05) is 17.3 Å². The minimum Gasteiger partial charge on any atom is -0.334 e. The molecule has 3 nitrogen and oxygen atoms in total. The summed E-state index contributed by atoms with van der Waals surface area (Å²) in [7, 11) is 0. The Morgan fingerprint density at radius 1 is 0.792 bits per heavy atom. The number of rotatable bonds is 4. The zero-order chi connectivity index (χ0) is 16.8. The van der Waals surface area contributed by atoms with Crippen LogP contribution in [0.5, 0.6) is 0 Å². The summed E-state index contributed by atoms with van der Waals surface area (Å²) in [6, 6.07) is 25.0. The van der Waals surface area contributed by atoms with Crippen molar-refractivity contribution in [3.63, 3.8) is 0 Å². The number of hydrogen-bond donors (Lipinski definition) is 2. The van der Waals surface area contributed by atoms with Crippen LogP contribution in [0.3, 0.4) is 0 Å². The normalized spacial score (nSPS) is 10.2. The molecule has 0 bridgehead atoms. The van der Waals surface area contributed by atoms with Crippen molar-refractivity contribution in [2.45, 2.75) is 6.54 Å². The Morgan fingerprint density at radius 3 is 2.12 bits per heavy atom. The van der Waals surface area contributed by atoms with Crippen molar-refractivity contribution in [3.05, 3.63) is 89.4 Å². The molecule has 0 aliphatic rings. The molecule has 3 aromatic carbocycles. The summed E-state index contributed by atoms with van der Waals surface area (Å²) in [4.78, 5) is 12.0. The number of amides is 2. The van der Waals surface area contributed by atoms with Gasteiger partial charge in [0.25, 0.3) is 0 Å². The van der Waals surface area contributed by atoms with Gasteiger partial charge < -0.3 is 10.6 Å². The summed E-state index contributed by atoms with van der Waals surface area (Å²) in [5, 5.41) is 6.26. The molecule has 0 aliphatic heterocycles. The van der Waals surface area contributed by atoms with E-state index < -0.39 is 0 Å². The fourth-order valence-electron chi connectivity index (χ4n) is 2.37. The molecule has 0 aromatic heterocycles. The highest BCUT2D eigenvalue weighted by Gasteiger charge is 2.04. The molecule has 2 amide bonds. The third kappa shape index (κ3) is 4.15. The molecule has 3 aromatic rings. The summed E-state index contributed by atoms with van der Waals surface area (Å²) in [6.07, 6.45) is 0. The Morgan fingerprint density at radius 2 is 1.42 bits per heavy atom. The minimum atomic E-state index is -0.262. The fourth-order valence-corrected chi connectivity index (χ4v) is 2.57. The number of carbonyl (C=O) groups is 1. The molecule has 0 unspecified atom stereocenters. The van der Waals surface area contributed by atoms with Gasteiger partial charge in [-0.3, -0.25) is 0 Å². The van der Waals surface area contributed by atoms with Gasteiger partial charge >= 0.3 is 6.03 Å². The average molecular weight is 337 g/mol. The summed E-state index contributed by atoms with van der Waals surface area (Å²) < 4.78 is 0. The molecule has 0 fully saturated rings. The van der Waals surface area contributed by atoms with Crippen LogP contribution in [0.15, 0.2) is 78.9 Å². The van der Waals surface area contributed by atoms with Crippen molar-refractivity contribution in [1.82, 2.24) is 5.32 Å². The zero-order valence-corrected chi connectivity index (χ0v) is 13.8. The highest BCUT2D eigenvalue weighted by molar-refractivity contribution is 6.31. The van der Waals surface area contributed by atoms with Crippen molar-refractivity contribution in [2.75, 3.05) is 5.32 Å². The highest BCUT2D eigenvalue weighted by Crippen LogP contribution is 2.21. The third-order valence-electron chi connectivity index (χ3n) is 3.65. The van der Waals surface area contributed by atoms with Gasteiger partial charge in [-0.25, -0.2) is 4.79 Å². The largest absolute Gasteiger partial charge is 0.334 e. The van der Waals surface area contributed by atoms with Crippen molar-refractivity contribution in [2.24, 2.45) is 0 Å². The zero-order valence-electron chi connectivity index (χ0n) is 13.0. The Bertz CT molecular complexity index is 817. The molecule has 0 saturated heterocycles. The first-order valence-electron chi connectivity index (χ1n) is 7.66. The van der Waals surface area contributed by atoms with E-state index in [0.29, 0.717) is 11.6 Å². The number of benzene rings is 3. The molecule has 2 N–H and O–H groups in total. The van der Waals surface area contributed by atoms with Gasteiger partial charge in [-0.15, -0.1) is 0 Å². The minimum absolute atomic E-state index is 0.262. The Kier molecular flexibility index (Phi) is 5.14. The predicted octanol–water partition coefficient (Wildman–Crippen LogP) is 5.33. The van der Waals surface area contributed by atoms with Crippen molar-refractivity contribution < 1.29 is 4.79 Å². The van der Waals surface area contributed by atoms with Crippen LogP contribution in [0, 0.1) is 0 Å². The maximum Gasteiger partial charge on any atom is 0.319 e. The molecular formula is C20H17ClN2O. The molecule has 0 spiro atoms. The lowest BCUT2D eigenvalue weighted by Gasteiger charge is -2.09. The van der Waals surface area contributed by atoms with E-state index in [4.69, 9.17) is 11.6 Å². The molecule has 24 heavy (non-hydrogen) atoms. The van der Waals surface area contributed by atoms with E-state index in [1.54, 1.807) is 6.07 Å². The number of nitrogens with one attached hydrogen (secondary N) is 2. The van der Waals surface area contributed by atoms with Crippen molar-refractivity contribution in [1.29, 1.82) is 0 Å². The second-order valence-corrected chi connectivity index (χ2v) is 5.75. The van der Waals surface area contributed by atoms with Gasteiger partial charge in [0.05, 0.1) is 0 Å². The van der Waals surface area contributed by atoms with Gasteiger partial charge in [-0.05, 0) is 34.9 Å². The van der Waals surface area contributed by atoms with Crippen LogP contribution in [-0.2, 0) is 6.54 Å². The highest BCUT2D eigenvalue weighted by atomic mass is 35.5. The number of halogens is 1. The average Bonchev–Trinajstić information content (AvgIpc) is 2.62. The smallest absolute Gasteiger partial charge is 0.319 e. The number of anilines is 1. The number of hydrogen-bond acceptors (Lipinski definition) is 1. The first-order chi connectivity index (χ1) is 11.7. The molecule has 4 heteroatoms. The Hall–Kier alpha value is -2.78. The van der Waals surface area contributed by atoms with E-state index in [9.17, 15) is 4.79 Å². The second-order valence-electron chi connectivity index (χ2n) is 5.34. The van der Waals surface area contributed by atoms with Gasteiger partial charge in [0.1, 0.15) is 0 Å². The van der Waals surface area contributed by atoms with Gasteiger partial charge in [0.2, 0.25) is 0 Å². The maximum absolute atomic E-state index is 12.0. The summed E-state index contributed by atoms with van der Waals surface area (Å²) in [5.74, 6) is 0. The summed E-state index contributed by atoms with van der Waals surface area (Å²) >= 11 is 6.07. The van der Waals surface area contributed by atoms with Gasteiger partial charge in [0.15, 0.2) is 0 Å². The molecule has 0 heterocycles. The first-order valence-corrected chi connectivity index (χ1v) is 8.04. The summed E-state index contributed by atoms with van der Waals surface area (Å²) in [5.41, 5.74) is 3.88. The Balaban J connectivity index is 1.58. The molecule has 0 aliphatic carbocycles. The molecule has 120 valence electrons. The quantitative estimate of drug-likeness (QED) is 0.664. The lowest BCUT2D eigenvalue weighted by Crippen LogP contribution is -2.28. The molecule has 0 radical (unpaired) electrons. The van der Waals surface area contributed by atoms with E-state index in [-0.39, 0.29) is 6.03 Å². The van der Waals surface area contributed by atoms with Crippen LogP contribution in [0.25, 0.3) is 11.1 Å². The van der Waals surface area contributed by atoms with E-state index >= 15 is 0 Å². The van der Waals surface area contributed by atoms with Crippen molar-refractivity contribution >= 4 is 23.3 Å². The van der Waals surface area contributed by atoms with Crippen LogP contribution in [-0.4, -0.2) is 6.03 Å². The molecule has 0 saturated carbocycles. The van der Waals surface area contributed by atoms with E-state index in [1.165, 1.54) is 0 Å². The lowest BCUT2D eigenvalue weighted by atomic mass is 10.1. The van der Waals surface area contributed by atoms with Crippen LogP contribution >= 0.6 is 11.6 Å². The predicted molar refractivity (Wildman–Crippen MR) is 99.2 cm³/mol. The van der Waals surface area contributed by atoms with Crippen LogP contribution in [0.2, 0.25) is 5.02 Å². The van der Waals surface area contributed by atoms with Crippen LogP contribution in [0.1, 0.15) is 5.56 Å². The second kappa shape index (κ2) is 7.66. The lowest BCUT2D eigenvalue weighted by molar-refractivity contribution is 0.251. The van der Waals surface area contributed by atoms with E-state index in [1.807, 2.05) is 60.7 Å². The van der Waals surface area contributed by atoms with Gasteiger partial charge in [-0.1, -0.05) is 72.3 Å². The topological polar surface area (TPSA) is 41.1 Å². The molecule has 3 rings (SSSR count). The van der Waals surface area contributed by atoms with E-state index in [0.717, 1.165) is 22.4 Å². The molecular weight excluding hydrogens is 320 g/mol. The van der Waals surface area contributed by atoms with Crippen LogP contribution < -0.4 is 10.6 Å². The number of urea groups is 1. The fraction of sp³-hybridized carbons (Fsp3) is 0.0500. The van der Waals surface area contributed by atoms with Crippen molar-refractivity contribution in [3.8, 4) is 11.1 Å². The monoisotopic (exact) mass is 336 g/mol. The summed E-state index contributed by atoms with van der Waals surface area (Å²) in [6.45, 7) is 0.383. The third-order valence-corrected chi connectivity index (χ3v) is 4.02. The Labute approximate surface area is 146 Å². The van der Waals surface area contributed by atoms with Gasteiger partial charge in [-0.2, -0.15) is 0 Å². The standard InChI is InChI=1S/C20H17ClN2O/c21-19-9-5-4-8-17(19)14-22-20(24)23-18-12-10-16(11-13-18)15-6-2-1-3-7-15/h1-13H,14H2,(H2,22,23,24). The SMILES string of the molecule is O=C(NCc1ccccc1Cl)Nc1ccc(-c2ccccc2)cc1. The number of carbonyl (C=O) groups excluding carboxylic acids is 1. The molecule has 0 atom stereocenters. The first kappa shape index (κ1) is 16.1. The van der Waals surface area contributed by atoms with E-state index in [2.05, 4.69) is 22.8 Å².